The van der Waals surface area contributed by atoms with Gasteiger partial charge in [0.25, 0.3) is 0 Å². The quantitative estimate of drug-likeness (QED) is 0.0299. The molecule has 0 radical (unpaired) electrons. The summed E-state index contributed by atoms with van der Waals surface area (Å²) < 4.78 is 15.4. The van der Waals surface area contributed by atoms with E-state index in [0.29, 0.717) is 33.9 Å². The number of carboxylic acid groups (broad SMARTS) is 1. The van der Waals surface area contributed by atoms with Crippen molar-refractivity contribution < 1.29 is 75.2 Å². The summed E-state index contributed by atoms with van der Waals surface area (Å²) in [5, 5.41) is 108. The second kappa shape index (κ2) is 34.6. The van der Waals surface area contributed by atoms with Gasteiger partial charge >= 0.3 is 5.97 Å². The molecule has 0 atom stereocenters. The Morgan fingerprint density at radius 2 is 0.523 bits per heavy atom. The molecule has 0 bridgehead atoms. The van der Waals surface area contributed by atoms with Crippen molar-refractivity contribution in [3.8, 4) is 142 Å². The van der Waals surface area contributed by atoms with Gasteiger partial charge in [-0.2, -0.15) is 0 Å². The van der Waals surface area contributed by atoms with E-state index < -0.39 is 11.9 Å². The SMILES string of the molecule is COc1cc(/C=C/C(=O)O)cc(OC)c1OC.Oc1ccc(-c2cc(-c3ccc(O)cc3)cc(-c3ccc(O)cc3)c2)cc1.Oc1ccc(-c2ccc(O)c(C(c3ccc(-c4ccccc4)cc3)c3cc(-c4ccc(O)cc4)ccc3O)c2)cc1.Oc1ccc(C(c2ccc(O)cc2)c2ccc(O)cc2)cc1. The van der Waals surface area contributed by atoms with Crippen LogP contribution >= 0.6 is 0 Å². The largest absolute Gasteiger partial charge is 0.508 e. The van der Waals surface area contributed by atoms with E-state index in [1.54, 1.807) is 121 Å². The molecule has 14 aromatic carbocycles. The highest BCUT2D eigenvalue weighted by atomic mass is 16.5. The van der Waals surface area contributed by atoms with Gasteiger partial charge in [-0.3, -0.25) is 0 Å². The Bertz CT molecular complexity index is 4920. The monoisotopic (exact) mass is 1420 g/mol. The van der Waals surface area contributed by atoms with Gasteiger partial charge in [-0.1, -0.05) is 164 Å². The number of aromatic hydroxyl groups is 10. The first-order valence-corrected chi connectivity index (χ1v) is 33.8. The minimum absolute atomic E-state index is 0.0400. The first kappa shape index (κ1) is 73.9. The van der Waals surface area contributed by atoms with Gasteiger partial charge < -0.3 is 70.4 Å². The third kappa shape index (κ3) is 19.1. The van der Waals surface area contributed by atoms with E-state index >= 15 is 0 Å². The maximum absolute atomic E-state index is 11.2. The topological polar surface area (TPSA) is 267 Å². The summed E-state index contributed by atoms with van der Waals surface area (Å²) in [5.41, 5.74) is 17.6. The Hall–Kier alpha value is -14.3. The molecule has 0 saturated heterocycles. The molecule has 14 aromatic rings. The molecule has 0 unspecified atom stereocenters. The van der Waals surface area contributed by atoms with Crippen molar-refractivity contribution in [2.24, 2.45) is 0 Å². The standard InChI is InChI=1S/C37H28O4.C24H18O3.C19H16O3.C12H14O5/c38-31-16-10-26(11-17-31)29-14-20-35(40)33(22-29)37(28-8-6-25(7-9-28)24-4-2-1-3-5-24)34-23-30(15-21-36(34)41)27-12-18-32(39)19-13-27;25-22-7-1-16(2-8-22)19-13-20(17-3-9-23(26)10-4-17)15-21(14-19)18-5-11-24(27)12-6-18;20-16-7-1-13(2-8-16)19(14-3-9-17(21)10-4-14)15-5-11-18(22)12-6-15;1-15-9-6-8(4-5-11(13)14)7-10(16-2)12(9)17-3/h1-23,37-41H;1-15,25-27H;1-12,19-22H;4-7H,1-3H3,(H,13,14)/b;;;5-4+. The van der Waals surface area contributed by atoms with Crippen molar-refractivity contribution in [1.29, 1.82) is 0 Å². The van der Waals surface area contributed by atoms with Crippen molar-refractivity contribution in [3.63, 3.8) is 0 Å². The molecule has 0 aromatic heterocycles. The van der Waals surface area contributed by atoms with Gasteiger partial charge in [-0.05, 0) is 252 Å². The molecule has 15 nitrogen and oxygen atoms in total. The first-order chi connectivity index (χ1) is 51.8. The number of carbonyl (C=O) groups is 1. The molecule has 0 heterocycles. The van der Waals surface area contributed by atoms with Crippen molar-refractivity contribution in [2.45, 2.75) is 11.8 Å². The number of phenolic OH excluding ortho intramolecular Hbond substituents is 10. The lowest BCUT2D eigenvalue weighted by Gasteiger charge is -2.23. The summed E-state index contributed by atoms with van der Waals surface area (Å²) in [6, 6.07) is 95.1. The third-order valence-corrected chi connectivity index (χ3v) is 17.7. The van der Waals surface area contributed by atoms with Crippen LogP contribution < -0.4 is 14.2 Å². The number of hydrogen-bond donors (Lipinski definition) is 11. The molecule has 0 amide bonds. The first-order valence-electron chi connectivity index (χ1n) is 33.8. The molecular formula is C92H76O15. The Kier molecular flexibility index (Phi) is 23.9. The zero-order chi connectivity index (χ0) is 75.5. The fourth-order valence-corrected chi connectivity index (χ4v) is 12.3. The van der Waals surface area contributed by atoms with E-state index in [4.69, 9.17) is 19.3 Å². The molecule has 0 saturated carbocycles. The van der Waals surface area contributed by atoms with E-state index in [0.717, 1.165) is 95.1 Å². The number of ether oxygens (including phenoxy) is 3. The summed E-state index contributed by atoms with van der Waals surface area (Å²) in [5.74, 6) is 1.83. The fourth-order valence-electron chi connectivity index (χ4n) is 12.3. The molecule has 14 rings (SSSR count). The zero-order valence-electron chi connectivity index (χ0n) is 58.4. The normalized spacial score (nSPS) is 10.8. The highest BCUT2D eigenvalue weighted by Crippen LogP contribution is 2.45. The molecule has 0 spiro atoms. The van der Waals surface area contributed by atoms with E-state index in [9.17, 15) is 55.9 Å². The number of phenols is 10. The highest BCUT2D eigenvalue weighted by Gasteiger charge is 2.25. The summed E-state index contributed by atoms with van der Waals surface area (Å²) >= 11 is 0. The van der Waals surface area contributed by atoms with Gasteiger partial charge in [0.1, 0.15) is 57.5 Å². The maximum Gasteiger partial charge on any atom is 0.328 e. The minimum Gasteiger partial charge on any atom is -0.508 e. The Morgan fingerprint density at radius 1 is 0.271 bits per heavy atom. The molecule has 0 aliphatic heterocycles. The fraction of sp³-hybridized carbons (Fsp3) is 0.0543. The summed E-state index contributed by atoms with van der Waals surface area (Å²) in [4.78, 5) is 10.4. The summed E-state index contributed by atoms with van der Waals surface area (Å²) in [7, 11) is 4.51. The second-order valence-electron chi connectivity index (χ2n) is 24.8. The van der Waals surface area contributed by atoms with Crippen LogP contribution in [0.1, 0.15) is 50.8 Å². The molecule has 0 fully saturated rings. The van der Waals surface area contributed by atoms with Gasteiger partial charge in [0.05, 0.1) is 21.3 Å². The number of hydrogen-bond acceptors (Lipinski definition) is 14. The summed E-state index contributed by atoms with van der Waals surface area (Å²) in [6.45, 7) is 0. The van der Waals surface area contributed by atoms with Crippen LogP contribution in [-0.2, 0) is 4.79 Å². The van der Waals surface area contributed by atoms with Gasteiger partial charge in [0, 0.05) is 29.0 Å². The number of methoxy groups -OCH3 is 3. The minimum atomic E-state index is -1.02. The van der Waals surface area contributed by atoms with Crippen molar-refractivity contribution in [2.75, 3.05) is 21.3 Å². The van der Waals surface area contributed by atoms with Crippen LogP contribution in [0.2, 0.25) is 0 Å². The molecule has 107 heavy (non-hydrogen) atoms. The molecular weight excluding hydrogens is 1340 g/mol. The van der Waals surface area contributed by atoms with Crippen LogP contribution in [0.5, 0.6) is 74.7 Å². The van der Waals surface area contributed by atoms with Crippen LogP contribution in [0.3, 0.4) is 0 Å². The lowest BCUT2D eigenvalue weighted by atomic mass is 9.81. The van der Waals surface area contributed by atoms with Gasteiger partial charge in [-0.25, -0.2) is 4.79 Å². The summed E-state index contributed by atoms with van der Waals surface area (Å²) in [6.07, 6.45) is 2.49. The number of carboxylic acids is 1. The predicted octanol–water partition coefficient (Wildman–Crippen LogP) is 20.3. The van der Waals surface area contributed by atoms with Crippen LogP contribution in [0.25, 0.3) is 72.8 Å². The average Bonchev–Trinajstić information content (AvgIpc) is 0.795. The van der Waals surface area contributed by atoms with Crippen molar-refractivity contribution in [3.05, 3.63) is 360 Å². The van der Waals surface area contributed by atoms with Gasteiger partial charge in [-0.15, -0.1) is 0 Å². The van der Waals surface area contributed by atoms with E-state index in [-0.39, 0.29) is 63.4 Å². The lowest BCUT2D eigenvalue weighted by molar-refractivity contribution is -0.131. The maximum atomic E-state index is 11.2. The van der Waals surface area contributed by atoms with Gasteiger partial charge in [0.15, 0.2) is 11.5 Å². The predicted molar refractivity (Wildman–Crippen MR) is 419 cm³/mol. The smallest absolute Gasteiger partial charge is 0.328 e. The number of aliphatic carboxylic acids is 1. The van der Waals surface area contributed by atoms with Crippen LogP contribution in [-0.4, -0.2) is 83.5 Å². The van der Waals surface area contributed by atoms with Crippen LogP contribution in [0.15, 0.2) is 322 Å². The molecule has 0 aliphatic carbocycles. The highest BCUT2D eigenvalue weighted by molar-refractivity contribution is 5.86. The second-order valence-corrected chi connectivity index (χ2v) is 24.8. The lowest BCUT2D eigenvalue weighted by Crippen LogP contribution is -2.05. The van der Waals surface area contributed by atoms with Gasteiger partial charge in [0.2, 0.25) is 5.75 Å². The third-order valence-electron chi connectivity index (χ3n) is 17.7. The van der Waals surface area contributed by atoms with E-state index in [2.05, 4.69) is 42.5 Å². The average molecular weight is 1420 g/mol. The van der Waals surface area contributed by atoms with Crippen LogP contribution in [0.4, 0.5) is 0 Å². The van der Waals surface area contributed by atoms with Crippen LogP contribution in [0, 0.1) is 0 Å². The number of benzene rings is 14. The molecule has 534 valence electrons. The van der Waals surface area contributed by atoms with E-state index in [1.807, 2.05) is 152 Å². The Balaban J connectivity index is 0.000000150. The van der Waals surface area contributed by atoms with Crippen molar-refractivity contribution >= 4 is 12.0 Å². The number of rotatable bonds is 17. The Morgan fingerprint density at radius 3 is 0.822 bits per heavy atom. The van der Waals surface area contributed by atoms with Crippen molar-refractivity contribution in [1.82, 2.24) is 0 Å². The van der Waals surface area contributed by atoms with E-state index in [1.165, 1.54) is 27.4 Å². The molecule has 11 N–H and O–H groups in total. The zero-order valence-corrected chi connectivity index (χ0v) is 58.4. The Labute approximate surface area is 619 Å². The molecule has 15 heteroatoms. The molecule has 0 aliphatic rings.